The molecule has 6 nitrogen and oxygen atoms in total. The molecule has 0 radical (unpaired) electrons. The van der Waals surface area contributed by atoms with E-state index in [0.29, 0.717) is 18.6 Å². The van der Waals surface area contributed by atoms with Gasteiger partial charge < -0.3 is 15.2 Å². The van der Waals surface area contributed by atoms with Gasteiger partial charge in [0, 0.05) is 18.7 Å². The zero-order valence-corrected chi connectivity index (χ0v) is 14.0. The molecule has 26 heavy (non-hydrogen) atoms. The lowest BCUT2D eigenvalue weighted by atomic mass is 10.1. The number of nitrogens with zero attached hydrogens (tertiary/aromatic N) is 2. The third-order valence-corrected chi connectivity index (χ3v) is 4.46. The molecule has 7 heteroatoms. The van der Waals surface area contributed by atoms with Gasteiger partial charge >= 0.3 is 0 Å². The Bertz CT molecular complexity index is 959. The number of carbonyl (C=O) groups excluding carboxylic acids is 2. The van der Waals surface area contributed by atoms with Gasteiger partial charge in [0.05, 0.1) is 16.7 Å². The Morgan fingerprint density at radius 1 is 1.12 bits per heavy atom. The van der Waals surface area contributed by atoms with E-state index in [2.05, 4.69) is 15.3 Å². The Labute approximate surface area is 149 Å². The van der Waals surface area contributed by atoms with Gasteiger partial charge in [-0.1, -0.05) is 12.1 Å². The normalized spacial score (nSPS) is 14.0. The topological polar surface area (TPSA) is 78.1 Å². The number of hydrogen-bond acceptors (Lipinski definition) is 3. The van der Waals surface area contributed by atoms with Gasteiger partial charge in [-0.05, 0) is 43.2 Å². The average Bonchev–Trinajstić information content (AvgIpc) is 3.32. The van der Waals surface area contributed by atoms with E-state index < -0.39 is 11.7 Å². The van der Waals surface area contributed by atoms with Gasteiger partial charge in [0.25, 0.3) is 11.8 Å². The van der Waals surface area contributed by atoms with Crippen molar-refractivity contribution in [1.82, 2.24) is 14.9 Å². The number of carbonyl (C=O) groups is 2. The zero-order chi connectivity index (χ0) is 18.1. The van der Waals surface area contributed by atoms with Crippen LogP contribution in [-0.2, 0) is 0 Å². The average molecular weight is 352 g/mol. The number of halogens is 1. The maximum absolute atomic E-state index is 14.4. The fourth-order valence-corrected chi connectivity index (χ4v) is 3.09. The number of amides is 2. The molecule has 4 rings (SSSR count). The van der Waals surface area contributed by atoms with Crippen molar-refractivity contribution >= 4 is 28.5 Å². The molecule has 1 aliphatic rings. The number of fused-ring (bicyclic) bond motifs is 1. The zero-order valence-electron chi connectivity index (χ0n) is 14.0. The SMILES string of the molecule is O=C(Nc1ccc(C(=O)N2CCCC2)cc1F)c1nc2ccccc2[nH]1. The van der Waals surface area contributed by atoms with Gasteiger partial charge in [-0.2, -0.15) is 0 Å². The molecule has 1 fully saturated rings. The number of para-hydroxylation sites is 2. The summed E-state index contributed by atoms with van der Waals surface area (Å²) < 4.78 is 14.4. The molecule has 0 aliphatic carbocycles. The van der Waals surface area contributed by atoms with Crippen LogP contribution in [0.1, 0.15) is 33.8 Å². The monoisotopic (exact) mass is 352 g/mol. The molecular weight excluding hydrogens is 335 g/mol. The summed E-state index contributed by atoms with van der Waals surface area (Å²) in [5.74, 6) is -1.28. The van der Waals surface area contributed by atoms with E-state index in [1.807, 2.05) is 12.1 Å². The molecule has 0 spiro atoms. The lowest BCUT2D eigenvalue weighted by Gasteiger charge is -2.15. The Balaban J connectivity index is 1.52. The highest BCUT2D eigenvalue weighted by Crippen LogP contribution is 2.20. The summed E-state index contributed by atoms with van der Waals surface area (Å²) in [6.45, 7) is 1.40. The van der Waals surface area contributed by atoms with Crippen molar-refractivity contribution in [2.24, 2.45) is 0 Å². The minimum Gasteiger partial charge on any atom is -0.339 e. The summed E-state index contributed by atoms with van der Waals surface area (Å²) >= 11 is 0. The highest BCUT2D eigenvalue weighted by molar-refractivity contribution is 6.04. The van der Waals surface area contributed by atoms with Crippen LogP contribution in [0.25, 0.3) is 11.0 Å². The van der Waals surface area contributed by atoms with Crippen molar-refractivity contribution in [3.63, 3.8) is 0 Å². The lowest BCUT2D eigenvalue weighted by Crippen LogP contribution is -2.27. The van der Waals surface area contributed by atoms with Crippen LogP contribution in [0.3, 0.4) is 0 Å². The Morgan fingerprint density at radius 3 is 2.62 bits per heavy atom. The summed E-state index contributed by atoms with van der Waals surface area (Å²) in [6.07, 6.45) is 1.94. The first kappa shape index (κ1) is 16.3. The summed E-state index contributed by atoms with van der Waals surface area (Å²) in [5.41, 5.74) is 1.67. The van der Waals surface area contributed by atoms with Crippen molar-refractivity contribution in [1.29, 1.82) is 0 Å². The van der Waals surface area contributed by atoms with Crippen LogP contribution >= 0.6 is 0 Å². The number of nitrogens with one attached hydrogen (secondary N) is 2. The summed E-state index contributed by atoms with van der Waals surface area (Å²) in [4.78, 5) is 33.4. The smallest absolute Gasteiger partial charge is 0.291 e. The molecule has 0 bridgehead atoms. The predicted octanol–water partition coefficient (Wildman–Crippen LogP) is 3.19. The molecule has 1 aromatic heterocycles. The van der Waals surface area contributed by atoms with E-state index >= 15 is 0 Å². The van der Waals surface area contributed by atoms with Gasteiger partial charge in [-0.15, -0.1) is 0 Å². The fraction of sp³-hybridized carbons (Fsp3) is 0.211. The van der Waals surface area contributed by atoms with Crippen LogP contribution in [0.2, 0.25) is 0 Å². The Morgan fingerprint density at radius 2 is 1.88 bits per heavy atom. The molecule has 2 amide bonds. The molecule has 1 saturated heterocycles. The number of rotatable bonds is 3. The molecule has 1 aliphatic heterocycles. The van der Waals surface area contributed by atoms with Gasteiger partial charge in [-0.3, -0.25) is 9.59 Å². The van der Waals surface area contributed by atoms with Gasteiger partial charge in [-0.25, -0.2) is 9.37 Å². The van der Waals surface area contributed by atoms with E-state index in [1.54, 1.807) is 17.0 Å². The van der Waals surface area contributed by atoms with Crippen molar-refractivity contribution in [2.75, 3.05) is 18.4 Å². The number of H-pyrrole nitrogens is 1. The first-order valence-electron chi connectivity index (χ1n) is 8.47. The predicted molar refractivity (Wildman–Crippen MR) is 95.6 cm³/mol. The first-order valence-corrected chi connectivity index (χ1v) is 8.47. The number of hydrogen-bond donors (Lipinski definition) is 2. The number of likely N-dealkylation sites (tertiary alicyclic amines) is 1. The molecule has 2 aromatic carbocycles. The highest BCUT2D eigenvalue weighted by Gasteiger charge is 2.21. The maximum atomic E-state index is 14.4. The molecule has 3 aromatic rings. The van der Waals surface area contributed by atoms with Crippen LogP contribution in [0.5, 0.6) is 0 Å². The molecule has 132 valence electrons. The second kappa shape index (κ2) is 6.59. The molecule has 2 heterocycles. The van der Waals surface area contributed by atoms with E-state index in [4.69, 9.17) is 0 Å². The standard InChI is InChI=1S/C19H17FN4O2/c20-13-11-12(19(26)24-9-3-4-10-24)7-8-14(13)23-18(25)17-21-15-5-1-2-6-16(15)22-17/h1-2,5-8,11H,3-4,9-10H2,(H,21,22)(H,23,25). The second-order valence-electron chi connectivity index (χ2n) is 6.25. The second-order valence-corrected chi connectivity index (χ2v) is 6.25. The summed E-state index contributed by atoms with van der Waals surface area (Å²) in [6, 6.07) is 11.3. The number of aromatic nitrogens is 2. The molecular formula is C19H17FN4O2. The van der Waals surface area contributed by atoms with Crippen LogP contribution < -0.4 is 5.32 Å². The number of aromatic amines is 1. The lowest BCUT2D eigenvalue weighted by molar-refractivity contribution is 0.0792. The van der Waals surface area contributed by atoms with Gasteiger partial charge in [0.2, 0.25) is 0 Å². The third kappa shape index (κ3) is 3.03. The molecule has 2 N–H and O–H groups in total. The van der Waals surface area contributed by atoms with Crippen molar-refractivity contribution < 1.29 is 14.0 Å². The molecule has 0 unspecified atom stereocenters. The van der Waals surface area contributed by atoms with Crippen LogP contribution in [-0.4, -0.2) is 39.8 Å². The van der Waals surface area contributed by atoms with E-state index in [9.17, 15) is 14.0 Å². The first-order chi connectivity index (χ1) is 12.6. The quantitative estimate of drug-likeness (QED) is 0.760. The van der Waals surface area contributed by atoms with Crippen LogP contribution in [0.15, 0.2) is 42.5 Å². The van der Waals surface area contributed by atoms with Crippen molar-refractivity contribution in [2.45, 2.75) is 12.8 Å². The van der Waals surface area contributed by atoms with E-state index in [0.717, 1.165) is 24.4 Å². The van der Waals surface area contributed by atoms with E-state index in [-0.39, 0.29) is 23.0 Å². The third-order valence-electron chi connectivity index (χ3n) is 4.46. The Kier molecular flexibility index (Phi) is 4.12. The van der Waals surface area contributed by atoms with Crippen LogP contribution in [0, 0.1) is 5.82 Å². The van der Waals surface area contributed by atoms with Gasteiger partial charge in [0.15, 0.2) is 5.82 Å². The Hall–Kier alpha value is -3.22. The summed E-state index contributed by atoms with van der Waals surface area (Å²) in [7, 11) is 0. The fourth-order valence-electron chi connectivity index (χ4n) is 3.09. The minimum atomic E-state index is -0.653. The van der Waals surface area contributed by atoms with Crippen LogP contribution in [0.4, 0.5) is 10.1 Å². The highest BCUT2D eigenvalue weighted by atomic mass is 19.1. The number of anilines is 1. The maximum Gasteiger partial charge on any atom is 0.291 e. The molecule has 0 saturated carbocycles. The summed E-state index contributed by atoms with van der Waals surface area (Å²) in [5, 5.41) is 2.49. The minimum absolute atomic E-state index is 0.00780. The molecule has 0 atom stereocenters. The largest absolute Gasteiger partial charge is 0.339 e. The number of benzene rings is 2. The van der Waals surface area contributed by atoms with Gasteiger partial charge in [0.1, 0.15) is 5.82 Å². The van der Waals surface area contributed by atoms with Crippen molar-refractivity contribution in [3.05, 3.63) is 59.7 Å². The van der Waals surface area contributed by atoms with E-state index in [1.165, 1.54) is 12.1 Å². The number of imidazole rings is 1. The van der Waals surface area contributed by atoms with Crippen molar-refractivity contribution in [3.8, 4) is 0 Å².